The second kappa shape index (κ2) is 4.30. The van der Waals surface area contributed by atoms with E-state index in [2.05, 4.69) is 44.6 Å². The van der Waals surface area contributed by atoms with E-state index in [1.165, 1.54) is 6.33 Å². The van der Waals surface area contributed by atoms with Crippen molar-refractivity contribution in [1.29, 1.82) is 0 Å². The smallest absolute Gasteiger partial charge is 0.164 e. The fourth-order valence-electron chi connectivity index (χ4n) is 1.40. The first-order valence-electron chi connectivity index (χ1n) is 4.65. The summed E-state index contributed by atoms with van der Waals surface area (Å²) < 4.78 is 2.71. The Hall–Kier alpha value is -0.920. The van der Waals surface area contributed by atoms with Gasteiger partial charge in [0, 0.05) is 6.54 Å². The van der Waals surface area contributed by atoms with E-state index in [0.717, 1.165) is 34.1 Å². The van der Waals surface area contributed by atoms with Crippen LogP contribution in [0.1, 0.15) is 12.8 Å². The van der Waals surface area contributed by atoms with Crippen molar-refractivity contribution in [3.8, 4) is 0 Å². The third-order valence-electron chi connectivity index (χ3n) is 2.14. The molecule has 0 bridgehead atoms. The van der Waals surface area contributed by atoms with Gasteiger partial charge in [-0.2, -0.15) is 5.10 Å². The van der Waals surface area contributed by atoms with Crippen LogP contribution in [-0.4, -0.2) is 19.7 Å². The first kappa shape index (κ1) is 10.6. The van der Waals surface area contributed by atoms with E-state index in [4.69, 9.17) is 5.73 Å². The van der Waals surface area contributed by atoms with Crippen LogP contribution >= 0.6 is 22.6 Å². The summed E-state index contributed by atoms with van der Waals surface area (Å²) in [5.41, 5.74) is 6.58. The number of hydrogen-bond acceptors (Lipinski definition) is 4. The Balaban J connectivity index is 2.53. The summed E-state index contributed by atoms with van der Waals surface area (Å²) in [4.78, 5) is 8.16. The van der Waals surface area contributed by atoms with Gasteiger partial charge >= 0.3 is 0 Å². The average molecular weight is 316 g/mol. The number of rotatable bonds is 3. The van der Waals surface area contributed by atoms with E-state index in [1.807, 2.05) is 4.68 Å². The van der Waals surface area contributed by atoms with Gasteiger partial charge < -0.3 is 5.73 Å². The van der Waals surface area contributed by atoms with Crippen molar-refractivity contribution < 1.29 is 0 Å². The second-order valence-electron chi connectivity index (χ2n) is 3.18. The maximum Gasteiger partial charge on any atom is 0.164 e. The van der Waals surface area contributed by atoms with E-state index >= 15 is 0 Å². The van der Waals surface area contributed by atoms with Crippen LogP contribution in [0, 0.1) is 10.6 Å². The van der Waals surface area contributed by atoms with Gasteiger partial charge in [-0.15, -0.1) is 0 Å². The highest BCUT2D eigenvalue weighted by Gasteiger charge is 2.12. The first-order chi connectivity index (χ1) is 7.24. The average Bonchev–Trinajstić information content (AvgIpc) is 2.54. The molecule has 0 aliphatic rings. The number of halogens is 1. The molecule has 0 amide bonds. The molecule has 2 rings (SSSR count). The summed E-state index contributed by atoms with van der Waals surface area (Å²) in [5, 5.41) is 5.23. The van der Waals surface area contributed by atoms with Gasteiger partial charge in [-0.05, 0) is 29.0 Å². The highest BCUT2D eigenvalue weighted by atomic mass is 127. The van der Waals surface area contributed by atoms with Gasteiger partial charge in [0.25, 0.3) is 0 Å². The molecule has 0 saturated heterocycles. The zero-order valence-electron chi connectivity index (χ0n) is 8.15. The fraction of sp³-hybridized carbons (Fsp3) is 0.333. The molecule has 0 fully saturated rings. The zero-order valence-corrected chi connectivity index (χ0v) is 10.3. The number of nitrogen functional groups attached to an aromatic ring is 1. The van der Waals surface area contributed by atoms with E-state index in [9.17, 15) is 0 Å². The van der Waals surface area contributed by atoms with Crippen molar-refractivity contribution in [2.75, 3.05) is 5.73 Å². The van der Waals surface area contributed by atoms with Gasteiger partial charge in [-0.1, -0.05) is 13.3 Å². The maximum absolute atomic E-state index is 5.78. The monoisotopic (exact) mass is 316 g/mol. The lowest BCUT2D eigenvalue weighted by Crippen LogP contribution is -2.01. The molecule has 2 aromatic rings. The molecule has 15 heavy (non-hydrogen) atoms. The van der Waals surface area contributed by atoms with E-state index in [-0.39, 0.29) is 0 Å². The van der Waals surface area contributed by atoms with Crippen LogP contribution in [0.2, 0.25) is 0 Å². The lowest BCUT2D eigenvalue weighted by Gasteiger charge is -2.00. The Bertz CT molecular complexity index is 479. The molecule has 0 atom stereocenters. The summed E-state index contributed by atoms with van der Waals surface area (Å²) in [6.45, 7) is 4.62. The highest BCUT2D eigenvalue weighted by molar-refractivity contribution is 14.1. The van der Waals surface area contributed by atoms with Gasteiger partial charge in [0.05, 0.1) is 5.39 Å². The van der Waals surface area contributed by atoms with Crippen LogP contribution < -0.4 is 5.73 Å². The van der Waals surface area contributed by atoms with Crippen LogP contribution in [-0.2, 0) is 6.54 Å². The molecule has 79 valence electrons. The topological polar surface area (TPSA) is 69.6 Å². The number of hydrogen-bond donors (Lipinski definition) is 1. The second-order valence-corrected chi connectivity index (χ2v) is 4.20. The molecule has 0 saturated carbocycles. The van der Waals surface area contributed by atoms with E-state index in [1.54, 1.807) is 0 Å². The quantitative estimate of drug-likeness (QED) is 0.874. The molecule has 0 unspecified atom stereocenters. The minimum Gasteiger partial charge on any atom is -0.383 e. The van der Waals surface area contributed by atoms with Gasteiger partial charge in [0.1, 0.15) is 15.8 Å². The molecule has 2 N–H and O–H groups in total. The molecule has 0 aromatic carbocycles. The van der Waals surface area contributed by atoms with Crippen LogP contribution in [0.15, 0.2) is 6.33 Å². The molecular weight excluding hydrogens is 305 g/mol. The zero-order chi connectivity index (χ0) is 10.8. The summed E-state index contributed by atoms with van der Waals surface area (Å²) >= 11 is 2.15. The Morgan fingerprint density at radius 1 is 1.47 bits per heavy atom. The van der Waals surface area contributed by atoms with Crippen LogP contribution in [0.4, 0.5) is 5.82 Å². The summed E-state index contributed by atoms with van der Waals surface area (Å²) in [6, 6.07) is 0. The lowest BCUT2D eigenvalue weighted by atomic mass is 10.3. The molecule has 0 aliphatic carbocycles. The highest BCUT2D eigenvalue weighted by Crippen LogP contribution is 2.22. The fourth-order valence-corrected chi connectivity index (χ4v) is 2.18. The number of aromatic nitrogens is 4. The van der Waals surface area contributed by atoms with Gasteiger partial charge in [-0.3, -0.25) is 0 Å². The Morgan fingerprint density at radius 3 is 3.00 bits per heavy atom. The molecule has 0 aliphatic heterocycles. The normalized spacial score (nSPS) is 11.1. The molecule has 2 heterocycles. The largest absolute Gasteiger partial charge is 0.383 e. The molecule has 0 spiro atoms. The molecule has 2 aromatic heterocycles. The lowest BCUT2D eigenvalue weighted by molar-refractivity contribution is 0.592. The van der Waals surface area contributed by atoms with Crippen molar-refractivity contribution in [1.82, 2.24) is 19.7 Å². The van der Waals surface area contributed by atoms with Crippen LogP contribution in [0.3, 0.4) is 0 Å². The maximum atomic E-state index is 5.78. The first-order valence-corrected chi connectivity index (χ1v) is 5.73. The molecular formula is C9H11IN5. The summed E-state index contributed by atoms with van der Waals surface area (Å²) in [5.74, 6) is 0.491. The predicted molar refractivity (Wildman–Crippen MR) is 67.0 cm³/mol. The van der Waals surface area contributed by atoms with Crippen molar-refractivity contribution >= 4 is 39.4 Å². The molecule has 6 heteroatoms. The van der Waals surface area contributed by atoms with Crippen LogP contribution in [0.25, 0.3) is 11.0 Å². The third-order valence-corrected chi connectivity index (χ3v) is 2.89. The van der Waals surface area contributed by atoms with Crippen molar-refractivity contribution in [3.05, 3.63) is 17.0 Å². The number of aryl methyl sites for hydroxylation is 1. The Labute approximate surface area is 101 Å². The van der Waals surface area contributed by atoms with E-state index in [0.29, 0.717) is 5.82 Å². The van der Waals surface area contributed by atoms with Crippen molar-refractivity contribution in [2.24, 2.45) is 0 Å². The van der Waals surface area contributed by atoms with Crippen molar-refractivity contribution in [2.45, 2.75) is 19.4 Å². The Kier molecular flexibility index (Phi) is 3.03. The predicted octanol–water partition coefficient (Wildman–Crippen LogP) is 1.63. The van der Waals surface area contributed by atoms with Crippen LogP contribution in [0.5, 0.6) is 0 Å². The standard InChI is InChI=1S/C9H11IN5/c1-2-3-4-15-9-6(7(10)14-15)8(11)12-5-13-9/h5H,1-4H2,(H2,11,12,13). The van der Waals surface area contributed by atoms with Gasteiger partial charge in [0.15, 0.2) is 5.65 Å². The van der Waals surface area contributed by atoms with E-state index < -0.39 is 0 Å². The third kappa shape index (κ3) is 1.90. The van der Waals surface area contributed by atoms with Gasteiger partial charge in [-0.25, -0.2) is 14.6 Å². The minimum absolute atomic E-state index is 0.491. The number of nitrogens with zero attached hydrogens (tertiary/aromatic N) is 4. The summed E-state index contributed by atoms with van der Waals surface area (Å²) in [6.07, 6.45) is 3.34. The number of nitrogens with two attached hydrogens (primary N) is 1. The molecule has 5 nitrogen and oxygen atoms in total. The minimum atomic E-state index is 0.491. The number of anilines is 1. The number of unbranched alkanes of at least 4 members (excludes halogenated alkanes) is 1. The molecule has 1 radical (unpaired) electrons. The summed E-state index contributed by atoms with van der Waals surface area (Å²) in [7, 11) is 0. The number of fused-ring (bicyclic) bond motifs is 1. The van der Waals surface area contributed by atoms with Crippen molar-refractivity contribution in [3.63, 3.8) is 0 Å². The SMILES string of the molecule is [CH2]CCCn1nc(I)c2c(N)ncnc21. The Morgan fingerprint density at radius 2 is 2.27 bits per heavy atom. The van der Waals surface area contributed by atoms with Gasteiger partial charge in [0.2, 0.25) is 0 Å².